The van der Waals surface area contributed by atoms with Gasteiger partial charge in [-0.25, -0.2) is 0 Å². The molecule has 3 rings (SSSR count). The topological polar surface area (TPSA) is 44.9 Å². The molecule has 1 fully saturated rings. The molecule has 0 aromatic heterocycles. The van der Waals surface area contributed by atoms with Crippen LogP contribution >= 0.6 is 15.9 Å². The van der Waals surface area contributed by atoms with Gasteiger partial charge in [-0.1, -0.05) is 22.0 Å². The molecule has 0 radical (unpaired) electrons. The average Bonchev–Trinajstić information content (AvgIpc) is 2.66. The van der Waals surface area contributed by atoms with Gasteiger partial charge in [0.25, 0.3) is 0 Å². The quantitative estimate of drug-likeness (QED) is 0.860. The van der Waals surface area contributed by atoms with E-state index in [9.17, 15) is 0 Å². The van der Waals surface area contributed by atoms with Crippen LogP contribution in [0.15, 0.2) is 33.7 Å². The van der Waals surface area contributed by atoms with E-state index in [-0.39, 0.29) is 5.54 Å². The number of hydrogen-bond donors (Lipinski definition) is 1. The van der Waals surface area contributed by atoms with Gasteiger partial charge in [-0.3, -0.25) is 4.99 Å². The summed E-state index contributed by atoms with van der Waals surface area (Å²) in [5.41, 5.74) is 7.32. The van der Waals surface area contributed by atoms with Crippen LogP contribution in [0.2, 0.25) is 0 Å². The van der Waals surface area contributed by atoms with Crippen molar-refractivity contribution in [2.24, 2.45) is 10.7 Å². The van der Waals surface area contributed by atoms with Crippen molar-refractivity contribution in [2.75, 3.05) is 31.6 Å². The van der Waals surface area contributed by atoms with Crippen LogP contribution in [0.5, 0.6) is 0 Å². The van der Waals surface area contributed by atoms with Gasteiger partial charge in [-0.15, -0.1) is 0 Å². The van der Waals surface area contributed by atoms with E-state index in [0.717, 1.165) is 36.2 Å². The Morgan fingerprint density at radius 3 is 3.00 bits per heavy atom. The van der Waals surface area contributed by atoms with Crippen LogP contribution in [-0.4, -0.2) is 43.1 Å². The fraction of sp³-hybridized carbons (Fsp3) is 0.500. The van der Waals surface area contributed by atoms with E-state index in [4.69, 9.17) is 5.73 Å². The molecule has 1 atom stereocenters. The Kier molecular flexibility index (Phi) is 3.27. The van der Waals surface area contributed by atoms with Gasteiger partial charge >= 0.3 is 0 Å². The molecule has 0 amide bonds. The third kappa shape index (κ3) is 2.25. The fourth-order valence-corrected chi connectivity index (χ4v) is 3.67. The molecule has 4 nitrogen and oxygen atoms in total. The maximum atomic E-state index is 6.15. The molecule has 2 heterocycles. The van der Waals surface area contributed by atoms with Gasteiger partial charge in [-0.2, -0.15) is 0 Å². The number of piperidine rings is 1. The predicted molar refractivity (Wildman–Crippen MR) is 82.6 cm³/mol. The van der Waals surface area contributed by atoms with Crippen molar-refractivity contribution < 1.29 is 0 Å². The molecule has 5 heteroatoms. The second-order valence-corrected chi connectivity index (χ2v) is 6.47. The van der Waals surface area contributed by atoms with Crippen molar-refractivity contribution in [3.8, 4) is 0 Å². The maximum absolute atomic E-state index is 6.15. The first-order valence-corrected chi connectivity index (χ1v) is 7.44. The zero-order valence-electron chi connectivity index (χ0n) is 11.1. The first-order chi connectivity index (χ1) is 9.11. The molecule has 2 N–H and O–H groups in total. The zero-order valence-corrected chi connectivity index (χ0v) is 12.7. The largest absolute Gasteiger partial charge is 0.369 e. The molecule has 0 bridgehead atoms. The number of hydrogen-bond acceptors (Lipinski definition) is 4. The molecule has 1 saturated heterocycles. The van der Waals surface area contributed by atoms with Gasteiger partial charge in [0.05, 0.1) is 12.1 Å². The van der Waals surface area contributed by atoms with Gasteiger partial charge in [0.2, 0.25) is 0 Å². The van der Waals surface area contributed by atoms with E-state index < -0.39 is 0 Å². The number of nitrogens with two attached hydrogens (primary N) is 1. The summed E-state index contributed by atoms with van der Waals surface area (Å²) in [5.74, 6) is 0.647. The number of rotatable bonds is 1. The highest BCUT2D eigenvalue weighted by molar-refractivity contribution is 9.10. The first-order valence-electron chi connectivity index (χ1n) is 6.65. The monoisotopic (exact) mass is 322 g/mol. The van der Waals surface area contributed by atoms with Crippen molar-refractivity contribution in [2.45, 2.75) is 18.4 Å². The number of guanidine groups is 1. The SMILES string of the molecule is CN1CCCC2(CN=C(N)N2c2cccc(Br)c2)C1. The second-order valence-electron chi connectivity index (χ2n) is 5.56. The minimum absolute atomic E-state index is 0.0396. The molecular formula is C14H19BrN4. The lowest BCUT2D eigenvalue weighted by atomic mass is 9.88. The normalized spacial score (nSPS) is 27.9. The van der Waals surface area contributed by atoms with Crippen LogP contribution < -0.4 is 10.6 Å². The molecule has 0 saturated carbocycles. The van der Waals surface area contributed by atoms with Crippen LogP contribution in [0.4, 0.5) is 5.69 Å². The Morgan fingerprint density at radius 2 is 2.26 bits per heavy atom. The lowest BCUT2D eigenvalue weighted by molar-refractivity contribution is 0.191. The predicted octanol–water partition coefficient (Wildman–Crippen LogP) is 2.05. The number of halogens is 1. The van der Waals surface area contributed by atoms with Crippen molar-refractivity contribution in [1.82, 2.24) is 4.90 Å². The van der Waals surface area contributed by atoms with E-state index >= 15 is 0 Å². The van der Waals surface area contributed by atoms with Crippen molar-refractivity contribution in [3.05, 3.63) is 28.7 Å². The number of nitrogens with zero attached hydrogens (tertiary/aromatic N) is 3. The molecule has 102 valence electrons. The summed E-state index contributed by atoms with van der Waals surface area (Å²) in [6.45, 7) is 2.98. The third-order valence-corrected chi connectivity index (χ3v) is 4.54. The summed E-state index contributed by atoms with van der Waals surface area (Å²) >= 11 is 3.54. The Labute approximate surface area is 122 Å². The highest BCUT2D eigenvalue weighted by atomic mass is 79.9. The molecule has 2 aliphatic heterocycles. The van der Waals surface area contributed by atoms with Crippen LogP contribution in [0.25, 0.3) is 0 Å². The summed E-state index contributed by atoms with van der Waals surface area (Å²) in [4.78, 5) is 9.12. The van der Waals surface area contributed by atoms with Crippen molar-refractivity contribution >= 4 is 27.6 Å². The summed E-state index contributed by atoms with van der Waals surface area (Å²) in [5, 5.41) is 0. The number of benzene rings is 1. The summed E-state index contributed by atoms with van der Waals surface area (Å²) < 4.78 is 1.07. The lowest BCUT2D eigenvalue weighted by Crippen LogP contribution is -2.60. The summed E-state index contributed by atoms with van der Waals surface area (Å²) in [6.07, 6.45) is 2.35. The average molecular weight is 323 g/mol. The number of aliphatic imine (C=N–C) groups is 1. The van der Waals surface area contributed by atoms with Crippen molar-refractivity contribution in [1.29, 1.82) is 0 Å². The van der Waals surface area contributed by atoms with Crippen LogP contribution in [0.1, 0.15) is 12.8 Å². The van der Waals surface area contributed by atoms with Gasteiger partial charge in [-0.05, 0) is 44.6 Å². The van der Waals surface area contributed by atoms with E-state index in [0.29, 0.717) is 5.96 Å². The Hall–Kier alpha value is -1.07. The molecular weight excluding hydrogens is 304 g/mol. The third-order valence-electron chi connectivity index (χ3n) is 4.05. The van der Waals surface area contributed by atoms with E-state index in [1.54, 1.807) is 0 Å². The molecule has 1 unspecified atom stereocenters. The van der Waals surface area contributed by atoms with E-state index in [1.165, 1.54) is 6.42 Å². The van der Waals surface area contributed by atoms with Gasteiger partial charge in [0.15, 0.2) is 5.96 Å². The van der Waals surface area contributed by atoms with Gasteiger partial charge in [0, 0.05) is 16.7 Å². The fourth-order valence-electron chi connectivity index (χ4n) is 3.28. The molecule has 1 spiro atoms. The summed E-state index contributed by atoms with van der Waals surface area (Å²) in [6, 6.07) is 8.30. The summed E-state index contributed by atoms with van der Waals surface area (Å²) in [7, 11) is 2.18. The molecule has 1 aromatic carbocycles. The van der Waals surface area contributed by atoms with Crippen LogP contribution in [-0.2, 0) is 0 Å². The number of anilines is 1. The first kappa shape index (κ1) is 12.9. The maximum Gasteiger partial charge on any atom is 0.196 e. The lowest BCUT2D eigenvalue weighted by Gasteiger charge is -2.45. The van der Waals surface area contributed by atoms with Crippen LogP contribution in [0, 0.1) is 0 Å². The number of likely N-dealkylation sites (N-methyl/N-ethyl adjacent to an activating group) is 1. The van der Waals surface area contributed by atoms with Gasteiger partial charge < -0.3 is 15.5 Å². The number of likely N-dealkylation sites (tertiary alicyclic amines) is 1. The highest BCUT2D eigenvalue weighted by Gasteiger charge is 2.45. The van der Waals surface area contributed by atoms with Gasteiger partial charge in [0.1, 0.15) is 0 Å². The molecule has 19 heavy (non-hydrogen) atoms. The minimum Gasteiger partial charge on any atom is -0.369 e. The standard InChI is InChI=1S/C14H19BrN4/c1-18-7-3-6-14(10-18)9-17-13(16)19(14)12-5-2-4-11(15)8-12/h2,4-5,8H,3,6-7,9-10H2,1H3,(H2,16,17). The van der Waals surface area contributed by atoms with E-state index in [2.05, 4.69) is 49.9 Å². The zero-order chi connectivity index (χ0) is 13.5. The molecule has 0 aliphatic carbocycles. The second kappa shape index (κ2) is 4.80. The van der Waals surface area contributed by atoms with E-state index in [1.807, 2.05) is 12.1 Å². The minimum atomic E-state index is 0.0396. The molecule has 1 aromatic rings. The Bertz CT molecular complexity index is 516. The Morgan fingerprint density at radius 1 is 1.42 bits per heavy atom. The smallest absolute Gasteiger partial charge is 0.196 e. The van der Waals surface area contributed by atoms with Crippen LogP contribution in [0.3, 0.4) is 0 Å². The Balaban J connectivity index is 1.98. The molecule has 2 aliphatic rings. The highest BCUT2D eigenvalue weighted by Crippen LogP contribution is 2.36. The van der Waals surface area contributed by atoms with Crippen molar-refractivity contribution in [3.63, 3.8) is 0 Å².